The topological polar surface area (TPSA) is 58.5 Å². The third-order valence-electron chi connectivity index (χ3n) is 3.40. The second-order valence-electron chi connectivity index (χ2n) is 5.53. The number of hydrogen-bond donors (Lipinski definition) is 2. The number of nitrogens with zero attached hydrogens (tertiary/aromatic N) is 2. The molecule has 0 saturated carbocycles. The molecule has 0 aliphatic carbocycles. The first-order valence-electron chi connectivity index (χ1n) is 7.77. The van der Waals surface area contributed by atoms with Crippen LogP contribution in [0.25, 0.3) is 0 Å². The summed E-state index contributed by atoms with van der Waals surface area (Å²) in [4.78, 5) is 9.21. The van der Waals surface area contributed by atoms with Gasteiger partial charge in [0.05, 0.1) is 18.3 Å². The number of aromatic nitrogens is 1. The van der Waals surface area contributed by atoms with E-state index in [9.17, 15) is 0 Å². The smallest absolute Gasteiger partial charge is 0.191 e. The Morgan fingerprint density at radius 2 is 2.38 bits per heavy atom. The summed E-state index contributed by atoms with van der Waals surface area (Å²) in [5.74, 6) is 1.32. The highest BCUT2D eigenvalue weighted by Gasteiger charge is 2.15. The van der Waals surface area contributed by atoms with Crippen LogP contribution in [0.1, 0.15) is 50.2 Å². The van der Waals surface area contributed by atoms with Gasteiger partial charge in [0.15, 0.2) is 5.96 Å². The van der Waals surface area contributed by atoms with Crippen molar-refractivity contribution in [1.29, 1.82) is 0 Å². The number of ether oxygens (including phenoxy) is 1. The molecule has 0 radical (unpaired) electrons. The molecule has 1 saturated heterocycles. The fourth-order valence-electron chi connectivity index (χ4n) is 2.17. The summed E-state index contributed by atoms with van der Waals surface area (Å²) in [5.41, 5.74) is 1.16. The van der Waals surface area contributed by atoms with Gasteiger partial charge in [0, 0.05) is 25.1 Å². The number of aliphatic imine (C=N–C) groups is 1. The Balaban J connectivity index is 1.86. The summed E-state index contributed by atoms with van der Waals surface area (Å²) in [6, 6.07) is 0. The summed E-state index contributed by atoms with van der Waals surface area (Å²) >= 11 is 1.68. The van der Waals surface area contributed by atoms with Gasteiger partial charge < -0.3 is 15.4 Å². The summed E-state index contributed by atoms with van der Waals surface area (Å²) in [5, 5.41) is 9.81. The molecule has 1 atom stereocenters. The van der Waals surface area contributed by atoms with Crippen molar-refractivity contribution in [3.05, 3.63) is 16.1 Å². The van der Waals surface area contributed by atoms with Gasteiger partial charge in [-0.15, -0.1) is 11.3 Å². The Morgan fingerprint density at radius 1 is 1.52 bits per heavy atom. The summed E-state index contributed by atoms with van der Waals surface area (Å²) in [7, 11) is 0. The monoisotopic (exact) mass is 310 g/mol. The Hall–Kier alpha value is -1.14. The van der Waals surface area contributed by atoms with Crippen LogP contribution >= 0.6 is 11.3 Å². The third kappa shape index (κ3) is 5.28. The highest BCUT2D eigenvalue weighted by atomic mass is 32.1. The van der Waals surface area contributed by atoms with E-state index in [4.69, 9.17) is 4.74 Å². The zero-order valence-corrected chi connectivity index (χ0v) is 14.0. The summed E-state index contributed by atoms with van der Waals surface area (Å²) < 4.78 is 5.62. The van der Waals surface area contributed by atoms with Gasteiger partial charge in [-0.1, -0.05) is 13.8 Å². The number of rotatable bonds is 6. The average Bonchev–Trinajstić information content (AvgIpc) is 3.13. The third-order valence-corrected chi connectivity index (χ3v) is 4.25. The fraction of sp³-hybridized carbons (Fsp3) is 0.733. The first kappa shape index (κ1) is 16.2. The number of guanidine groups is 1. The fourth-order valence-corrected chi connectivity index (χ4v) is 3.05. The van der Waals surface area contributed by atoms with Crippen LogP contribution in [-0.2, 0) is 11.3 Å². The van der Waals surface area contributed by atoms with Gasteiger partial charge >= 0.3 is 0 Å². The lowest BCUT2D eigenvalue weighted by Gasteiger charge is -2.14. The lowest BCUT2D eigenvalue weighted by Crippen LogP contribution is -2.41. The maximum absolute atomic E-state index is 5.62. The highest BCUT2D eigenvalue weighted by Crippen LogP contribution is 2.18. The average molecular weight is 310 g/mol. The number of thiazole rings is 1. The van der Waals surface area contributed by atoms with Gasteiger partial charge in [-0.25, -0.2) is 9.98 Å². The summed E-state index contributed by atoms with van der Waals surface area (Å²) in [6.45, 7) is 9.58. The molecule has 21 heavy (non-hydrogen) atoms. The molecule has 2 rings (SSSR count). The zero-order valence-electron chi connectivity index (χ0n) is 13.2. The lowest BCUT2D eigenvalue weighted by molar-refractivity contribution is 0.114. The second kappa shape index (κ2) is 8.34. The molecular formula is C15H26N4OS. The normalized spacial score (nSPS) is 19.2. The van der Waals surface area contributed by atoms with Gasteiger partial charge in [-0.05, 0) is 25.7 Å². The van der Waals surface area contributed by atoms with E-state index in [1.807, 2.05) is 0 Å². The standard InChI is InChI=1S/C15H26N4OS/c1-4-16-15(17-8-12-6-5-7-20-12)18-9-14-19-13(10-21-14)11(2)3/h10-12H,4-9H2,1-3H3,(H2,16,17,18). The molecule has 1 aromatic heterocycles. The van der Waals surface area contributed by atoms with Gasteiger partial charge in [0.1, 0.15) is 5.01 Å². The maximum Gasteiger partial charge on any atom is 0.191 e. The van der Waals surface area contributed by atoms with E-state index in [2.05, 4.69) is 46.8 Å². The minimum Gasteiger partial charge on any atom is -0.376 e. The SMILES string of the molecule is CCNC(=NCc1nc(C(C)C)cs1)NCC1CCCO1. The van der Waals surface area contributed by atoms with Gasteiger partial charge in [0.25, 0.3) is 0 Å². The molecule has 1 fully saturated rings. The van der Waals surface area contributed by atoms with Crippen molar-refractivity contribution in [2.24, 2.45) is 4.99 Å². The first-order chi connectivity index (χ1) is 10.2. The summed E-state index contributed by atoms with van der Waals surface area (Å²) in [6.07, 6.45) is 2.62. The van der Waals surface area contributed by atoms with E-state index in [0.29, 0.717) is 18.6 Å². The van der Waals surface area contributed by atoms with Gasteiger partial charge in [-0.3, -0.25) is 0 Å². The van der Waals surface area contributed by atoms with E-state index >= 15 is 0 Å². The van der Waals surface area contributed by atoms with Crippen molar-refractivity contribution in [2.45, 2.75) is 52.2 Å². The van der Waals surface area contributed by atoms with Gasteiger partial charge in [-0.2, -0.15) is 0 Å². The quantitative estimate of drug-likeness (QED) is 0.626. The largest absolute Gasteiger partial charge is 0.376 e. The van der Waals surface area contributed by atoms with Crippen LogP contribution < -0.4 is 10.6 Å². The molecule has 0 spiro atoms. The molecule has 2 heterocycles. The minimum atomic E-state index is 0.321. The van der Waals surface area contributed by atoms with Crippen molar-refractivity contribution in [1.82, 2.24) is 15.6 Å². The molecule has 2 N–H and O–H groups in total. The lowest BCUT2D eigenvalue weighted by atomic mass is 10.2. The van der Waals surface area contributed by atoms with Crippen molar-refractivity contribution >= 4 is 17.3 Å². The molecule has 0 amide bonds. The van der Waals surface area contributed by atoms with E-state index in [1.54, 1.807) is 11.3 Å². The highest BCUT2D eigenvalue weighted by molar-refractivity contribution is 7.09. The molecule has 6 heteroatoms. The van der Waals surface area contributed by atoms with Crippen LogP contribution in [0.5, 0.6) is 0 Å². The van der Waals surface area contributed by atoms with E-state index in [0.717, 1.165) is 49.2 Å². The van der Waals surface area contributed by atoms with Crippen LogP contribution in [0.3, 0.4) is 0 Å². The molecule has 118 valence electrons. The zero-order chi connectivity index (χ0) is 15.1. The second-order valence-corrected chi connectivity index (χ2v) is 6.47. The van der Waals surface area contributed by atoms with E-state index in [1.165, 1.54) is 0 Å². The predicted octanol–water partition coefficient (Wildman–Crippen LogP) is 2.50. The Kier molecular flexibility index (Phi) is 6.45. The van der Waals surface area contributed by atoms with Crippen molar-refractivity contribution in [2.75, 3.05) is 19.7 Å². The molecule has 1 unspecified atom stereocenters. The molecule has 1 aliphatic heterocycles. The maximum atomic E-state index is 5.62. The van der Waals surface area contributed by atoms with Crippen molar-refractivity contribution < 1.29 is 4.74 Å². The molecule has 0 bridgehead atoms. The molecule has 1 aliphatic rings. The van der Waals surface area contributed by atoms with Crippen LogP contribution in [0.15, 0.2) is 10.4 Å². The molecular weight excluding hydrogens is 284 g/mol. The van der Waals surface area contributed by atoms with E-state index < -0.39 is 0 Å². The number of nitrogens with one attached hydrogen (secondary N) is 2. The molecule has 5 nitrogen and oxygen atoms in total. The van der Waals surface area contributed by atoms with Crippen LogP contribution in [0.4, 0.5) is 0 Å². The molecule has 1 aromatic rings. The predicted molar refractivity (Wildman–Crippen MR) is 88.0 cm³/mol. The first-order valence-corrected chi connectivity index (χ1v) is 8.65. The Labute approximate surface area is 131 Å². The van der Waals surface area contributed by atoms with E-state index in [-0.39, 0.29) is 0 Å². The Bertz CT molecular complexity index is 452. The molecule has 0 aromatic carbocycles. The van der Waals surface area contributed by atoms with Crippen LogP contribution in [0.2, 0.25) is 0 Å². The Morgan fingerprint density at radius 3 is 3.00 bits per heavy atom. The van der Waals surface area contributed by atoms with Crippen molar-refractivity contribution in [3.8, 4) is 0 Å². The van der Waals surface area contributed by atoms with Crippen molar-refractivity contribution in [3.63, 3.8) is 0 Å². The minimum absolute atomic E-state index is 0.321. The van der Waals surface area contributed by atoms with Crippen LogP contribution in [-0.4, -0.2) is 36.7 Å². The van der Waals surface area contributed by atoms with Crippen LogP contribution in [0, 0.1) is 0 Å². The van der Waals surface area contributed by atoms with Gasteiger partial charge in [0.2, 0.25) is 0 Å². The number of hydrogen-bond acceptors (Lipinski definition) is 4.